The average Bonchev–Trinajstić information content (AvgIpc) is 3.26. The minimum atomic E-state index is -1.60. The predicted molar refractivity (Wildman–Crippen MR) is 245 cm³/mol. The third-order valence-electron chi connectivity index (χ3n) is 11.2. The number of esters is 3. The molecule has 1 fully saturated rings. The summed E-state index contributed by atoms with van der Waals surface area (Å²) < 4.78 is 36.1. The number of aliphatic hydroxyl groups excluding tert-OH is 1. The van der Waals surface area contributed by atoms with Crippen molar-refractivity contribution in [2.45, 2.75) is 236 Å². The van der Waals surface area contributed by atoms with Gasteiger partial charge in [-0.3, -0.25) is 33.6 Å². The van der Waals surface area contributed by atoms with Crippen LogP contribution in [0.25, 0.3) is 0 Å². The second-order valence-electron chi connectivity index (χ2n) is 16.9. The number of rotatable bonds is 36. The maximum Gasteiger partial charge on any atom is 0.309 e. The summed E-state index contributed by atoms with van der Waals surface area (Å²) in [5.74, 6) is -5.09. The van der Waals surface area contributed by atoms with Crippen LogP contribution >= 0.6 is 12.6 Å². The van der Waals surface area contributed by atoms with Gasteiger partial charge in [-0.1, -0.05) is 117 Å². The van der Waals surface area contributed by atoms with Gasteiger partial charge in [-0.25, -0.2) is 0 Å². The Morgan fingerprint density at radius 2 is 1.31 bits per heavy atom. The molecule has 0 aliphatic carbocycles. The Balaban J connectivity index is 2.95. The first-order valence-electron chi connectivity index (χ1n) is 24.2. The maximum absolute atomic E-state index is 13.4. The standard InChI is InChI=1S/C46H82N4O13S/c1-7-9-11-13-15-17-19-21-23-25-34(62-38(53)26-24-22-20-18-16-14-12-10-8-2)29-39(54)60-30-36-41(55)42(40(46(64)63-36)49-33(5)51)61-32(4)45(58)48-31(3)44(57)50-35(43(47)56)27-28-37(52)59-6/h31-32,34-36,40-42,46,55,64H,7-30H2,1-6H3,(H2,47,56)(H,48,58)(H,49,51)(H,50,57)/t31-,32+,34+,35-,36+,40+,41+,42+,46-/m0/s1/i/hD. The molecule has 0 saturated carbocycles. The first kappa shape index (κ1) is 56.6. The first-order valence-corrected chi connectivity index (χ1v) is 24.3. The summed E-state index contributed by atoms with van der Waals surface area (Å²) in [6, 6.07) is -3.88. The SMILES string of the molecule is [2H]N(C(=O)[C@@H](C)O[C@H]1[C@H](O)[C@@H](COC(=O)C[C@@H](CCCCCCCCCCC)OC(=O)CCCCCCCCCCC)O[C@@H](S)[C@@H]1NC(C)=O)[C@@H](C)C(=O)N[C@@H](CCC(=O)OC)C(N)=O. The molecule has 18 heteroatoms. The molecule has 6 N–H and O–H groups in total. The van der Waals surface area contributed by atoms with Crippen LogP contribution < -0.4 is 21.7 Å². The number of nitrogens with one attached hydrogen (secondary N) is 3. The van der Waals surface area contributed by atoms with Crippen molar-refractivity contribution in [3.63, 3.8) is 0 Å². The highest BCUT2D eigenvalue weighted by Gasteiger charge is 2.47. The molecule has 4 amide bonds. The topological polar surface area (TPSA) is 248 Å². The van der Waals surface area contributed by atoms with Crippen molar-refractivity contribution in [3.05, 3.63) is 0 Å². The highest BCUT2D eigenvalue weighted by Crippen LogP contribution is 2.28. The zero-order chi connectivity index (χ0) is 48.7. The molecule has 17 nitrogen and oxygen atoms in total. The zero-order valence-corrected chi connectivity index (χ0v) is 40.4. The van der Waals surface area contributed by atoms with Gasteiger partial charge in [0.2, 0.25) is 23.6 Å². The third-order valence-corrected chi connectivity index (χ3v) is 11.7. The van der Waals surface area contributed by atoms with Crippen molar-refractivity contribution in [2.24, 2.45) is 5.73 Å². The molecule has 0 unspecified atom stereocenters. The molecule has 1 aliphatic rings. The lowest BCUT2D eigenvalue weighted by atomic mass is 9.97. The van der Waals surface area contributed by atoms with Crippen molar-refractivity contribution >= 4 is 54.2 Å². The van der Waals surface area contributed by atoms with Gasteiger partial charge in [0.05, 0.1) is 19.6 Å². The Morgan fingerprint density at radius 1 is 0.766 bits per heavy atom. The van der Waals surface area contributed by atoms with E-state index in [1.807, 2.05) is 0 Å². The lowest BCUT2D eigenvalue weighted by Crippen LogP contribution is -2.64. The van der Waals surface area contributed by atoms with Gasteiger partial charge in [-0.05, 0) is 39.5 Å². The fourth-order valence-electron chi connectivity index (χ4n) is 7.34. The molecule has 1 heterocycles. The minimum Gasteiger partial charge on any atom is -0.469 e. The van der Waals surface area contributed by atoms with Gasteiger partial charge in [0.1, 0.15) is 54.6 Å². The van der Waals surface area contributed by atoms with E-state index in [-0.39, 0.29) is 31.7 Å². The van der Waals surface area contributed by atoms with Crippen LogP contribution in [0.3, 0.4) is 0 Å². The van der Waals surface area contributed by atoms with Crippen LogP contribution in [-0.2, 0) is 57.2 Å². The lowest BCUT2D eigenvalue weighted by molar-refractivity contribution is -0.204. The molecule has 0 spiro atoms. The molecule has 0 aromatic carbocycles. The number of thiol groups is 1. The Labute approximate surface area is 388 Å². The van der Waals surface area contributed by atoms with Gasteiger partial charge in [-0.2, -0.15) is 0 Å². The quantitative estimate of drug-likeness (QED) is 0.0200. The highest BCUT2D eigenvalue weighted by atomic mass is 32.1. The zero-order valence-electron chi connectivity index (χ0n) is 40.5. The highest BCUT2D eigenvalue weighted by molar-refractivity contribution is 7.80. The van der Waals surface area contributed by atoms with Crippen LogP contribution in [0, 0.1) is 0 Å². The van der Waals surface area contributed by atoms with Crippen LogP contribution in [-0.4, -0.2) is 114 Å². The second-order valence-corrected chi connectivity index (χ2v) is 17.5. The largest absolute Gasteiger partial charge is 0.469 e. The van der Waals surface area contributed by atoms with Crippen molar-refractivity contribution in [3.8, 4) is 0 Å². The number of hydrogen-bond acceptors (Lipinski definition) is 14. The molecule has 1 rings (SSSR count). The number of primary amides is 1. The summed E-state index contributed by atoms with van der Waals surface area (Å²) in [7, 11) is 1.16. The molecule has 370 valence electrons. The van der Waals surface area contributed by atoms with Gasteiger partial charge in [0, 0.05) is 19.8 Å². The number of methoxy groups -OCH3 is 1. The number of amides is 4. The molecule has 1 aliphatic heterocycles. The normalized spacial score (nSPS) is 20.4. The molecular weight excluding hydrogens is 849 g/mol. The molecule has 0 aromatic heterocycles. The van der Waals surface area contributed by atoms with Crippen LogP contribution in [0.15, 0.2) is 0 Å². The minimum absolute atomic E-state index is 0.174. The number of aliphatic hydroxyl groups is 1. The Hall–Kier alpha value is -3.48. The number of nitrogens with two attached hydrogens (primary N) is 1. The van der Waals surface area contributed by atoms with Crippen LogP contribution in [0.2, 0.25) is 1.41 Å². The Bertz CT molecular complexity index is 1430. The Kier molecular flexibility index (Phi) is 30.8. The maximum atomic E-state index is 13.4. The second kappa shape index (κ2) is 34.8. The summed E-state index contributed by atoms with van der Waals surface area (Å²) in [5.41, 5.74) is 4.25. The van der Waals surface area contributed by atoms with Gasteiger partial charge in [-0.15, -0.1) is 12.6 Å². The van der Waals surface area contributed by atoms with Gasteiger partial charge in [0.25, 0.3) is 0 Å². The van der Waals surface area contributed by atoms with E-state index in [4.69, 9.17) is 26.1 Å². The Morgan fingerprint density at radius 3 is 1.84 bits per heavy atom. The van der Waals surface area contributed by atoms with E-state index in [1.54, 1.807) is 0 Å². The summed E-state index contributed by atoms with van der Waals surface area (Å²) in [5, 5.41) is 16.7. The smallest absolute Gasteiger partial charge is 0.309 e. The monoisotopic (exact) mass is 932 g/mol. The van der Waals surface area contributed by atoms with Gasteiger partial charge >= 0.3 is 17.9 Å². The fourth-order valence-corrected chi connectivity index (χ4v) is 7.74. The van der Waals surface area contributed by atoms with E-state index in [9.17, 15) is 38.7 Å². The van der Waals surface area contributed by atoms with Crippen molar-refractivity contribution in [1.82, 2.24) is 15.9 Å². The summed E-state index contributed by atoms with van der Waals surface area (Å²) >= 11 is 4.46. The molecule has 9 atom stereocenters. The van der Waals surface area contributed by atoms with Gasteiger partial charge in [0.15, 0.2) is 1.41 Å². The number of unbranched alkanes of at least 4 members (excludes halogenated alkanes) is 16. The van der Waals surface area contributed by atoms with Crippen LogP contribution in [0.5, 0.6) is 0 Å². The van der Waals surface area contributed by atoms with E-state index in [2.05, 4.69) is 41.8 Å². The molecular formula is C46H82N4O13S. The lowest BCUT2D eigenvalue weighted by Gasteiger charge is -2.43. The summed E-state index contributed by atoms with van der Waals surface area (Å²) in [4.78, 5) is 88.2. The first-order chi connectivity index (χ1) is 31.0. The number of carbonyl (C=O) groups is 7. The van der Waals surface area contributed by atoms with Crippen LogP contribution in [0.4, 0.5) is 0 Å². The molecule has 1 saturated heterocycles. The van der Waals surface area contributed by atoms with Crippen LogP contribution in [0.1, 0.15) is 182 Å². The predicted octanol–water partition coefficient (Wildman–Crippen LogP) is 5.40. The third kappa shape index (κ3) is 25.9. The molecule has 0 radical (unpaired) electrons. The molecule has 0 bridgehead atoms. The van der Waals surface area contributed by atoms with Crippen molar-refractivity contribution in [2.75, 3.05) is 13.7 Å². The molecule has 0 aromatic rings. The van der Waals surface area contributed by atoms with E-state index < -0.39 is 96.3 Å². The van der Waals surface area contributed by atoms with E-state index in [0.29, 0.717) is 18.2 Å². The summed E-state index contributed by atoms with van der Waals surface area (Å²) in [6.45, 7) is 7.64. The van der Waals surface area contributed by atoms with E-state index >= 15 is 0 Å². The fraction of sp³-hybridized carbons (Fsp3) is 0.848. The molecule has 64 heavy (non-hydrogen) atoms. The van der Waals surface area contributed by atoms with E-state index in [1.165, 1.54) is 85.0 Å². The average molecular weight is 932 g/mol. The van der Waals surface area contributed by atoms with E-state index in [0.717, 1.165) is 52.1 Å². The summed E-state index contributed by atoms with van der Waals surface area (Å²) in [6.07, 6.45) is 13.7. The van der Waals surface area contributed by atoms with Gasteiger partial charge < -0.3 is 50.5 Å². The number of hydrogen-bond donors (Lipinski definition) is 6. The number of ether oxygens (including phenoxy) is 5. The van der Waals surface area contributed by atoms with Crippen molar-refractivity contribution in [1.29, 1.82) is 0 Å². The number of carbonyl (C=O) groups excluding carboxylic acids is 7. The van der Waals surface area contributed by atoms with Crippen molar-refractivity contribution < 1.29 is 63.8 Å².